The fourth-order valence-electron chi connectivity index (χ4n) is 3.42. The van der Waals surface area contributed by atoms with E-state index in [1.165, 1.54) is 0 Å². The van der Waals surface area contributed by atoms with Crippen molar-refractivity contribution in [3.8, 4) is 0 Å². The largest absolute Gasteiger partial charge is 0.366 e. The fraction of sp³-hybridized carbons (Fsp3) is 0.238. The highest BCUT2D eigenvalue weighted by Gasteiger charge is 2.22. The first-order valence-electron chi connectivity index (χ1n) is 9.07. The molecule has 1 aliphatic rings. The first-order chi connectivity index (χ1) is 13.2. The molecule has 2 aromatic carbocycles. The number of nitrogens with one attached hydrogen (secondary N) is 1. The molecule has 0 unspecified atom stereocenters. The van der Waals surface area contributed by atoms with Crippen LogP contribution in [0.1, 0.15) is 5.56 Å². The number of anilines is 1. The molecule has 0 aliphatic carbocycles. The van der Waals surface area contributed by atoms with E-state index in [2.05, 4.69) is 39.5 Å². The molecule has 2 amide bonds. The highest BCUT2D eigenvalue weighted by atomic mass is 35.5. The van der Waals surface area contributed by atoms with Gasteiger partial charge in [0, 0.05) is 49.3 Å². The third kappa shape index (κ3) is 3.83. The number of hydrogen-bond donors (Lipinski definition) is 1. The zero-order chi connectivity index (χ0) is 18.6. The second-order valence-corrected chi connectivity index (χ2v) is 6.98. The minimum absolute atomic E-state index is 0.0504. The number of carbonyl (C=O) groups excluding carboxylic acids is 1. The molecule has 1 aliphatic heterocycles. The zero-order valence-corrected chi connectivity index (χ0v) is 15.7. The van der Waals surface area contributed by atoms with E-state index in [1.54, 1.807) is 0 Å². The summed E-state index contributed by atoms with van der Waals surface area (Å²) in [6, 6.07) is 17.8. The highest BCUT2D eigenvalue weighted by Crippen LogP contribution is 2.25. The molecule has 0 radical (unpaired) electrons. The predicted molar refractivity (Wildman–Crippen MR) is 109 cm³/mol. The number of hydrogen-bond acceptors (Lipinski definition) is 3. The molecule has 0 bridgehead atoms. The summed E-state index contributed by atoms with van der Waals surface area (Å²) in [4.78, 5) is 21.2. The molecule has 4 rings (SSSR count). The Labute approximate surface area is 163 Å². The Morgan fingerprint density at radius 1 is 1.00 bits per heavy atom. The number of para-hydroxylation sites is 1. The van der Waals surface area contributed by atoms with Crippen LogP contribution in [0.2, 0.25) is 5.02 Å². The molecule has 1 fully saturated rings. The first kappa shape index (κ1) is 17.6. The smallest absolute Gasteiger partial charge is 0.317 e. The van der Waals surface area contributed by atoms with E-state index in [9.17, 15) is 4.79 Å². The van der Waals surface area contributed by atoms with E-state index in [4.69, 9.17) is 11.6 Å². The first-order valence-corrected chi connectivity index (χ1v) is 9.45. The van der Waals surface area contributed by atoms with Crippen molar-refractivity contribution in [3.63, 3.8) is 0 Å². The lowest BCUT2D eigenvalue weighted by Gasteiger charge is -2.36. The topological polar surface area (TPSA) is 48.5 Å². The third-order valence-corrected chi connectivity index (χ3v) is 5.28. The molecule has 2 heterocycles. The van der Waals surface area contributed by atoms with Crippen molar-refractivity contribution in [3.05, 3.63) is 71.4 Å². The lowest BCUT2D eigenvalue weighted by molar-refractivity contribution is 0.194. The van der Waals surface area contributed by atoms with E-state index in [0.717, 1.165) is 35.2 Å². The van der Waals surface area contributed by atoms with Crippen LogP contribution in [-0.2, 0) is 6.54 Å². The maximum Gasteiger partial charge on any atom is 0.317 e. The third-order valence-electron chi connectivity index (χ3n) is 4.91. The molecule has 3 aromatic rings. The van der Waals surface area contributed by atoms with Gasteiger partial charge in [0.15, 0.2) is 0 Å². The average molecular weight is 381 g/mol. The second-order valence-electron chi connectivity index (χ2n) is 6.58. The van der Waals surface area contributed by atoms with Crippen LogP contribution in [-0.4, -0.2) is 42.1 Å². The standard InChI is InChI=1S/C21H21ClN4O/c22-18-8-2-1-5-17(18)15-24-21(27)26-13-11-25(12-14-26)19-9-3-6-16-7-4-10-23-20(16)19/h1-10H,11-15H2,(H,24,27). The second kappa shape index (κ2) is 7.84. The Kier molecular flexibility index (Phi) is 5.12. The van der Waals surface area contributed by atoms with Gasteiger partial charge < -0.3 is 15.1 Å². The van der Waals surface area contributed by atoms with Gasteiger partial charge in [0.25, 0.3) is 0 Å². The molecule has 6 heteroatoms. The van der Waals surface area contributed by atoms with Crippen molar-refractivity contribution in [2.45, 2.75) is 6.54 Å². The minimum atomic E-state index is -0.0504. The van der Waals surface area contributed by atoms with Crippen LogP contribution in [0.15, 0.2) is 60.8 Å². The molecule has 1 N–H and O–H groups in total. The number of halogens is 1. The summed E-state index contributed by atoms with van der Waals surface area (Å²) >= 11 is 6.15. The molecule has 138 valence electrons. The highest BCUT2D eigenvalue weighted by molar-refractivity contribution is 6.31. The monoisotopic (exact) mass is 380 g/mol. The maximum atomic E-state index is 12.5. The number of fused-ring (bicyclic) bond motifs is 1. The van der Waals surface area contributed by atoms with Crippen molar-refractivity contribution in [1.82, 2.24) is 15.2 Å². The molecule has 0 spiro atoms. The lowest BCUT2D eigenvalue weighted by Crippen LogP contribution is -2.51. The van der Waals surface area contributed by atoms with Crippen LogP contribution >= 0.6 is 11.6 Å². The van der Waals surface area contributed by atoms with Crippen LogP contribution in [0, 0.1) is 0 Å². The summed E-state index contributed by atoms with van der Waals surface area (Å²) in [6.45, 7) is 3.37. The SMILES string of the molecule is O=C(NCc1ccccc1Cl)N1CCN(c2cccc3cccnc23)CC1. The van der Waals surface area contributed by atoms with Gasteiger partial charge in [-0.2, -0.15) is 0 Å². The lowest BCUT2D eigenvalue weighted by atomic mass is 10.1. The number of aromatic nitrogens is 1. The van der Waals surface area contributed by atoms with Gasteiger partial charge in [-0.25, -0.2) is 4.79 Å². The Hall–Kier alpha value is -2.79. The zero-order valence-electron chi connectivity index (χ0n) is 14.9. The quantitative estimate of drug-likeness (QED) is 0.749. The van der Waals surface area contributed by atoms with Gasteiger partial charge in [-0.05, 0) is 23.8 Å². The van der Waals surface area contributed by atoms with Gasteiger partial charge in [-0.15, -0.1) is 0 Å². The van der Waals surface area contributed by atoms with E-state index in [0.29, 0.717) is 24.7 Å². The normalized spacial score (nSPS) is 14.4. The van der Waals surface area contributed by atoms with Crippen molar-refractivity contribution >= 4 is 34.2 Å². The number of piperazine rings is 1. The Morgan fingerprint density at radius 3 is 2.59 bits per heavy atom. The van der Waals surface area contributed by atoms with Crippen LogP contribution in [0.5, 0.6) is 0 Å². The Balaban J connectivity index is 1.37. The van der Waals surface area contributed by atoms with E-state index in [1.807, 2.05) is 41.4 Å². The van der Waals surface area contributed by atoms with E-state index in [-0.39, 0.29) is 6.03 Å². The van der Waals surface area contributed by atoms with Gasteiger partial charge in [0.2, 0.25) is 0 Å². The average Bonchev–Trinajstić information content (AvgIpc) is 2.73. The van der Waals surface area contributed by atoms with Gasteiger partial charge in [-0.3, -0.25) is 4.98 Å². The molecule has 0 atom stereocenters. The van der Waals surface area contributed by atoms with E-state index >= 15 is 0 Å². The van der Waals surface area contributed by atoms with Crippen molar-refractivity contribution < 1.29 is 4.79 Å². The predicted octanol–water partition coefficient (Wildman–Crippen LogP) is 3.92. The van der Waals surface area contributed by atoms with Crippen molar-refractivity contribution in [2.24, 2.45) is 0 Å². The Bertz CT molecular complexity index is 948. The maximum absolute atomic E-state index is 12.5. The fourth-order valence-corrected chi connectivity index (χ4v) is 3.62. The number of pyridine rings is 1. The van der Waals surface area contributed by atoms with Crippen LogP contribution in [0.25, 0.3) is 10.9 Å². The van der Waals surface area contributed by atoms with Crippen LogP contribution < -0.4 is 10.2 Å². The molecular formula is C21H21ClN4O. The van der Waals surface area contributed by atoms with Gasteiger partial charge in [0.1, 0.15) is 0 Å². The summed E-state index contributed by atoms with van der Waals surface area (Å²) in [5, 5.41) is 4.77. The molecular weight excluding hydrogens is 360 g/mol. The van der Waals surface area contributed by atoms with Crippen molar-refractivity contribution in [1.29, 1.82) is 0 Å². The summed E-state index contributed by atoms with van der Waals surface area (Å²) in [5.74, 6) is 0. The van der Waals surface area contributed by atoms with Crippen LogP contribution in [0.4, 0.5) is 10.5 Å². The summed E-state index contributed by atoms with van der Waals surface area (Å²) < 4.78 is 0. The molecule has 1 saturated heterocycles. The Morgan fingerprint density at radius 2 is 1.78 bits per heavy atom. The number of nitrogens with zero attached hydrogens (tertiary/aromatic N) is 3. The number of urea groups is 1. The van der Waals surface area contributed by atoms with E-state index < -0.39 is 0 Å². The molecule has 5 nitrogen and oxygen atoms in total. The molecule has 1 aromatic heterocycles. The van der Waals surface area contributed by atoms with Crippen LogP contribution in [0.3, 0.4) is 0 Å². The molecule has 0 saturated carbocycles. The van der Waals surface area contributed by atoms with Gasteiger partial charge >= 0.3 is 6.03 Å². The van der Waals surface area contributed by atoms with Crippen molar-refractivity contribution in [2.75, 3.05) is 31.1 Å². The number of rotatable bonds is 3. The number of carbonyl (C=O) groups is 1. The summed E-state index contributed by atoms with van der Waals surface area (Å²) in [6.07, 6.45) is 1.82. The molecule has 27 heavy (non-hydrogen) atoms. The minimum Gasteiger partial charge on any atom is -0.366 e. The summed E-state index contributed by atoms with van der Waals surface area (Å²) in [5.41, 5.74) is 3.06. The summed E-state index contributed by atoms with van der Waals surface area (Å²) in [7, 11) is 0. The van der Waals surface area contributed by atoms with Gasteiger partial charge in [-0.1, -0.05) is 48.0 Å². The number of amides is 2. The number of benzene rings is 2. The van der Waals surface area contributed by atoms with Gasteiger partial charge in [0.05, 0.1) is 11.2 Å².